The van der Waals surface area contributed by atoms with Gasteiger partial charge in [-0.15, -0.1) is 0 Å². The smallest absolute Gasteiger partial charge is 0.127 e. The van der Waals surface area contributed by atoms with Gasteiger partial charge in [0.25, 0.3) is 0 Å². The largest absolute Gasteiger partial charge is 0.303 e. The van der Waals surface area contributed by atoms with Crippen LogP contribution in [0.2, 0.25) is 0 Å². The van der Waals surface area contributed by atoms with Gasteiger partial charge in [0, 0.05) is 17.8 Å². The summed E-state index contributed by atoms with van der Waals surface area (Å²) in [7, 11) is 1.89. The van der Waals surface area contributed by atoms with Crippen molar-refractivity contribution in [2.75, 3.05) is 20.1 Å². The SMILES string of the molecule is CN1CC[C@H](c2cc3[nH]ncc3cc2F)[C@H](F)C1. The zero-order valence-electron chi connectivity index (χ0n) is 10.2. The highest BCUT2D eigenvalue weighted by atomic mass is 19.1. The lowest BCUT2D eigenvalue weighted by Crippen LogP contribution is -2.38. The van der Waals surface area contributed by atoms with E-state index in [1.54, 1.807) is 12.3 Å². The number of piperidine rings is 1. The normalized spacial score (nSPS) is 25.7. The van der Waals surface area contributed by atoms with Crippen LogP contribution < -0.4 is 0 Å². The number of H-pyrrole nitrogens is 1. The Bertz CT molecular complexity index is 566. The van der Waals surface area contributed by atoms with Gasteiger partial charge in [0.2, 0.25) is 0 Å². The Balaban J connectivity index is 2.00. The lowest BCUT2D eigenvalue weighted by Gasteiger charge is -2.32. The van der Waals surface area contributed by atoms with Gasteiger partial charge in [-0.05, 0) is 37.7 Å². The molecule has 3 rings (SSSR count). The average molecular weight is 251 g/mol. The van der Waals surface area contributed by atoms with Crippen molar-refractivity contribution in [1.29, 1.82) is 0 Å². The lowest BCUT2D eigenvalue weighted by molar-refractivity contribution is 0.137. The first-order valence-electron chi connectivity index (χ1n) is 6.10. The first kappa shape index (κ1) is 11.6. The second kappa shape index (κ2) is 4.31. The van der Waals surface area contributed by atoms with Crippen LogP contribution >= 0.6 is 0 Å². The minimum absolute atomic E-state index is 0.332. The van der Waals surface area contributed by atoms with E-state index in [0.717, 1.165) is 17.4 Å². The molecule has 2 atom stereocenters. The molecular weight excluding hydrogens is 236 g/mol. The number of benzene rings is 1. The molecular formula is C13H15F2N3. The number of aromatic nitrogens is 2. The fraction of sp³-hybridized carbons (Fsp3) is 0.462. The number of nitrogens with one attached hydrogen (secondary N) is 1. The van der Waals surface area contributed by atoms with Crippen LogP contribution in [-0.2, 0) is 0 Å². The van der Waals surface area contributed by atoms with Crippen LogP contribution in [0.25, 0.3) is 10.9 Å². The van der Waals surface area contributed by atoms with Crippen LogP contribution in [0.4, 0.5) is 8.78 Å². The van der Waals surface area contributed by atoms with Gasteiger partial charge in [-0.3, -0.25) is 5.10 Å². The van der Waals surface area contributed by atoms with E-state index in [1.807, 2.05) is 11.9 Å². The number of nitrogens with zero attached hydrogens (tertiary/aromatic N) is 2. The number of hydrogen-bond acceptors (Lipinski definition) is 2. The van der Waals surface area contributed by atoms with Gasteiger partial charge in [0.1, 0.15) is 12.0 Å². The van der Waals surface area contributed by atoms with Crippen molar-refractivity contribution in [3.63, 3.8) is 0 Å². The molecule has 1 fully saturated rings. The third-order valence-corrected chi connectivity index (χ3v) is 3.70. The zero-order chi connectivity index (χ0) is 12.7. The van der Waals surface area contributed by atoms with Gasteiger partial charge < -0.3 is 4.90 Å². The lowest BCUT2D eigenvalue weighted by atomic mass is 9.87. The molecule has 96 valence electrons. The fourth-order valence-corrected chi connectivity index (χ4v) is 2.67. The standard InChI is InChI=1S/C13H15F2N3/c1-18-3-2-9(12(15)7-18)10-5-13-8(4-11(10)14)6-16-17-13/h4-6,9,12H,2-3,7H2,1H3,(H,16,17)/t9-,12-/m1/s1. The van der Waals surface area contributed by atoms with E-state index >= 15 is 0 Å². The molecule has 1 saturated heterocycles. The summed E-state index contributed by atoms with van der Waals surface area (Å²) in [5, 5.41) is 7.39. The molecule has 2 heterocycles. The zero-order valence-corrected chi connectivity index (χ0v) is 10.2. The van der Waals surface area contributed by atoms with Crippen molar-refractivity contribution in [2.45, 2.75) is 18.5 Å². The summed E-state index contributed by atoms with van der Waals surface area (Å²) in [5.74, 6) is -0.685. The molecule has 1 aromatic heterocycles. The van der Waals surface area contributed by atoms with Crippen LogP contribution in [0, 0.1) is 5.82 Å². The van der Waals surface area contributed by atoms with Gasteiger partial charge in [-0.2, -0.15) is 5.10 Å². The molecule has 1 aliphatic heterocycles. The summed E-state index contributed by atoms with van der Waals surface area (Å²) >= 11 is 0. The maximum atomic E-state index is 14.1. The van der Waals surface area contributed by atoms with Gasteiger partial charge in [-0.25, -0.2) is 8.78 Å². The van der Waals surface area contributed by atoms with Crippen LogP contribution in [0.1, 0.15) is 17.9 Å². The molecule has 0 bridgehead atoms. The monoisotopic (exact) mass is 251 g/mol. The van der Waals surface area contributed by atoms with Gasteiger partial charge in [0.15, 0.2) is 0 Å². The van der Waals surface area contributed by atoms with Crippen molar-refractivity contribution in [3.05, 3.63) is 29.7 Å². The fourth-order valence-electron chi connectivity index (χ4n) is 2.67. The highest BCUT2D eigenvalue weighted by Gasteiger charge is 2.30. The molecule has 5 heteroatoms. The van der Waals surface area contributed by atoms with Crippen LogP contribution in [0.5, 0.6) is 0 Å². The quantitative estimate of drug-likeness (QED) is 0.844. The predicted octanol–water partition coefficient (Wildman–Crippen LogP) is 2.46. The van der Waals surface area contributed by atoms with E-state index in [4.69, 9.17) is 0 Å². The number of likely N-dealkylation sites (tertiary alicyclic amines) is 1. The second-order valence-corrected chi connectivity index (χ2v) is 5.00. The summed E-state index contributed by atoms with van der Waals surface area (Å²) in [4.78, 5) is 1.94. The van der Waals surface area contributed by atoms with E-state index < -0.39 is 6.17 Å². The Labute approximate surface area is 104 Å². The van der Waals surface area contributed by atoms with Gasteiger partial charge in [-0.1, -0.05) is 0 Å². The van der Waals surface area contributed by atoms with Crippen molar-refractivity contribution in [3.8, 4) is 0 Å². The van der Waals surface area contributed by atoms with E-state index in [2.05, 4.69) is 10.2 Å². The van der Waals surface area contributed by atoms with Crippen LogP contribution in [0.15, 0.2) is 18.3 Å². The Morgan fingerprint density at radius 3 is 3.06 bits per heavy atom. The third kappa shape index (κ3) is 1.88. The third-order valence-electron chi connectivity index (χ3n) is 3.70. The number of aromatic amines is 1. The van der Waals surface area contributed by atoms with E-state index in [9.17, 15) is 8.78 Å². The molecule has 0 spiro atoms. The Kier molecular flexibility index (Phi) is 2.78. The Morgan fingerprint density at radius 2 is 2.28 bits per heavy atom. The highest BCUT2D eigenvalue weighted by Crippen LogP contribution is 2.33. The predicted molar refractivity (Wildman–Crippen MR) is 65.8 cm³/mol. The number of fused-ring (bicyclic) bond motifs is 1. The second-order valence-electron chi connectivity index (χ2n) is 5.00. The summed E-state index contributed by atoms with van der Waals surface area (Å²) in [5.41, 5.74) is 1.23. The van der Waals surface area contributed by atoms with Crippen molar-refractivity contribution < 1.29 is 8.78 Å². The van der Waals surface area contributed by atoms with Crippen LogP contribution in [-0.4, -0.2) is 41.4 Å². The molecule has 0 radical (unpaired) electrons. The van der Waals surface area contributed by atoms with Crippen molar-refractivity contribution in [1.82, 2.24) is 15.1 Å². The topological polar surface area (TPSA) is 31.9 Å². The number of halogens is 2. The number of alkyl halides is 1. The molecule has 1 N–H and O–H groups in total. The molecule has 0 saturated carbocycles. The van der Waals surface area contributed by atoms with E-state index in [-0.39, 0.29) is 11.7 Å². The minimum atomic E-state index is -1.02. The summed E-state index contributed by atoms with van der Waals surface area (Å²) in [6.07, 6.45) is 1.21. The van der Waals surface area contributed by atoms with Gasteiger partial charge >= 0.3 is 0 Å². The number of rotatable bonds is 1. The van der Waals surface area contributed by atoms with E-state index in [1.165, 1.54) is 6.07 Å². The molecule has 3 nitrogen and oxygen atoms in total. The molecule has 0 amide bonds. The minimum Gasteiger partial charge on any atom is -0.303 e. The highest BCUT2D eigenvalue weighted by molar-refractivity contribution is 5.78. The summed E-state index contributed by atoms with van der Waals surface area (Å²) in [6.45, 7) is 1.16. The maximum Gasteiger partial charge on any atom is 0.127 e. The molecule has 1 aromatic carbocycles. The first-order valence-corrected chi connectivity index (χ1v) is 6.10. The molecule has 1 aliphatic rings. The Morgan fingerprint density at radius 1 is 1.44 bits per heavy atom. The molecule has 2 aromatic rings. The summed E-state index contributed by atoms with van der Waals surface area (Å²) in [6, 6.07) is 3.12. The van der Waals surface area contributed by atoms with Gasteiger partial charge in [0.05, 0.1) is 11.7 Å². The van der Waals surface area contributed by atoms with E-state index in [0.29, 0.717) is 18.5 Å². The molecule has 0 unspecified atom stereocenters. The van der Waals surface area contributed by atoms with Crippen molar-refractivity contribution >= 4 is 10.9 Å². The first-order chi connectivity index (χ1) is 8.65. The Hall–Kier alpha value is -1.49. The number of hydrogen-bond donors (Lipinski definition) is 1. The molecule has 0 aliphatic carbocycles. The van der Waals surface area contributed by atoms with Crippen LogP contribution in [0.3, 0.4) is 0 Å². The maximum absolute atomic E-state index is 14.1. The average Bonchev–Trinajstić information content (AvgIpc) is 2.75. The molecule has 18 heavy (non-hydrogen) atoms. The summed E-state index contributed by atoms with van der Waals surface area (Å²) < 4.78 is 28.1. The van der Waals surface area contributed by atoms with Crippen molar-refractivity contribution in [2.24, 2.45) is 0 Å².